The predicted octanol–water partition coefficient (Wildman–Crippen LogP) is 2.90. The van der Waals surface area contributed by atoms with Crippen molar-refractivity contribution >= 4 is 29.2 Å². The number of anilines is 2. The highest BCUT2D eigenvalue weighted by Crippen LogP contribution is 2.33. The molecule has 0 saturated carbocycles. The molecule has 0 bridgehead atoms. The topological polar surface area (TPSA) is 84.9 Å². The number of hydrogen-bond acceptors (Lipinski definition) is 5. The molecule has 3 rings (SSSR count). The van der Waals surface area contributed by atoms with Crippen LogP contribution in [-0.4, -0.2) is 37.5 Å². The molecule has 2 aromatic carbocycles. The van der Waals surface area contributed by atoms with Gasteiger partial charge in [0.05, 0.1) is 18.7 Å². The fraction of sp³-hybridized carbons (Fsp3) is 0.286. The number of nitrogens with one attached hydrogen (secondary N) is 1. The maximum absolute atomic E-state index is 13.3. The standard InChI is InChI=1S/C21H20F2N2O5/c1-12(20(27)24-14-7-8-15(22)16(23)10-14)30-21(28)13-9-19(26)25(11-13)17-5-3-4-6-18(17)29-2/h3-8,10,12-13H,9,11H2,1-2H3,(H,24,27)/t12-,13-/m1/s1. The van der Waals surface area contributed by atoms with Crippen molar-refractivity contribution in [3.63, 3.8) is 0 Å². The molecule has 1 aliphatic rings. The van der Waals surface area contributed by atoms with E-state index in [1.54, 1.807) is 24.3 Å². The van der Waals surface area contributed by atoms with Gasteiger partial charge in [-0.1, -0.05) is 12.1 Å². The van der Waals surface area contributed by atoms with Crippen LogP contribution in [0.4, 0.5) is 20.2 Å². The summed E-state index contributed by atoms with van der Waals surface area (Å²) in [6.45, 7) is 1.44. The van der Waals surface area contributed by atoms with Gasteiger partial charge in [0, 0.05) is 24.7 Å². The van der Waals surface area contributed by atoms with Gasteiger partial charge >= 0.3 is 5.97 Å². The van der Waals surface area contributed by atoms with Gasteiger partial charge in [-0.25, -0.2) is 8.78 Å². The smallest absolute Gasteiger partial charge is 0.312 e. The lowest BCUT2D eigenvalue weighted by Gasteiger charge is -2.20. The average molecular weight is 418 g/mol. The van der Waals surface area contributed by atoms with Crippen molar-refractivity contribution < 1.29 is 32.6 Å². The average Bonchev–Trinajstić information content (AvgIpc) is 3.12. The molecule has 30 heavy (non-hydrogen) atoms. The molecule has 0 unspecified atom stereocenters. The minimum Gasteiger partial charge on any atom is -0.495 e. The Morgan fingerprint density at radius 2 is 1.90 bits per heavy atom. The normalized spacial score (nSPS) is 16.9. The molecular formula is C21H20F2N2O5. The van der Waals surface area contributed by atoms with Crippen LogP contribution in [0.5, 0.6) is 5.75 Å². The number of halogens is 2. The number of nitrogens with zero attached hydrogens (tertiary/aromatic N) is 1. The molecule has 1 saturated heterocycles. The van der Waals surface area contributed by atoms with Gasteiger partial charge in [0.1, 0.15) is 5.75 Å². The number of benzene rings is 2. The van der Waals surface area contributed by atoms with Gasteiger partial charge in [-0.2, -0.15) is 0 Å². The van der Waals surface area contributed by atoms with E-state index in [-0.39, 0.29) is 24.6 Å². The van der Waals surface area contributed by atoms with Crippen LogP contribution in [0.1, 0.15) is 13.3 Å². The minimum absolute atomic E-state index is 0.0280. The number of amides is 2. The molecule has 1 heterocycles. The van der Waals surface area contributed by atoms with E-state index < -0.39 is 35.5 Å². The molecule has 1 aliphatic heterocycles. The molecule has 0 spiro atoms. The zero-order chi connectivity index (χ0) is 21.8. The Kier molecular flexibility index (Phi) is 6.29. The summed E-state index contributed by atoms with van der Waals surface area (Å²) in [6.07, 6.45) is -1.25. The molecule has 0 aliphatic carbocycles. The second-order valence-corrected chi connectivity index (χ2v) is 6.77. The highest BCUT2D eigenvalue weighted by molar-refractivity contribution is 6.01. The summed E-state index contributed by atoms with van der Waals surface area (Å²) < 4.78 is 36.7. The van der Waals surface area contributed by atoms with Crippen molar-refractivity contribution in [3.8, 4) is 5.75 Å². The highest BCUT2D eigenvalue weighted by atomic mass is 19.2. The first-order valence-corrected chi connectivity index (χ1v) is 9.20. The van der Waals surface area contributed by atoms with Crippen LogP contribution in [-0.2, 0) is 19.1 Å². The van der Waals surface area contributed by atoms with Crippen molar-refractivity contribution in [1.29, 1.82) is 0 Å². The Morgan fingerprint density at radius 1 is 1.17 bits per heavy atom. The quantitative estimate of drug-likeness (QED) is 0.730. The third kappa shape index (κ3) is 4.56. The largest absolute Gasteiger partial charge is 0.495 e. The summed E-state index contributed by atoms with van der Waals surface area (Å²) in [6, 6.07) is 9.82. The Labute approximate surface area is 171 Å². The van der Waals surface area contributed by atoms with E-state index in [1.165, 1.54) is 25.0 Å². The lowest BCUT2D eigenvalue weighted by molar-refractivity contribution is -0.157. The van der Waals surface area contributed by atoms with Gasteiger partial charge in [-0.15, -0.1) is 0 Å². The van der Waals surface area contributed by atoms with Crippen LogP contribution in [0.25, 0.3) is 0 Å². The zero-order valence-corrected chi connectivity index (χ0v) is 16.4. The van der Waals surface area contributed by atoms with Gasteiger partial charge in [0.2, 0.25) is 5.91 Å². The van der Waals surface area contributed by atoms with Crippen molar-refractivity contribution in [2.24, 2.45) is 5.92 Å². The van der Waals surface area contributed by atoms with Crippen LogP contribution in [0.15, 0.2) is 42.5 Å². The number of esters is 1. The molecule has 2 amide bonds. The maximum Gasteiger partial charge on any atom is 0.312 e. The number of para-hydroxylation sites is 2. The second-order valence-electron chi connectivity index (χ2n) is 6.77. The number of carbonyl (C=O) groups is 3. The summed E-state index contributed by atoms with van der Waals surface area (Å²) in [5, 5.41) is 2.35. The molecular weight excluding hydrogens is 398 g/mol. The number of carbonyl (C=O) groups excluding carboxylic acids is 3. The van der Waals surface area contributed by atoms with E-state index in [1.807, 2.05) is 0 Å². The number of ether oxygens (including phenoxy) is 2. The van der Waals surface area contributed by atoms with E-state index in [0.29, 0.717) is 11.4 Å². The van der Waals surface area contributed by atoms with E-state index in [9.17, 15) is 23.2 Å². The molecule has 9 heteroatoms. The Hall–Kier alpha value is -3.49. The van der Waals surface area contributed by atoms with Gasteiger partial charge in [-0.3, -0.25) is 14.4 Å². The summed E-state index contributed by atoms with van der Waals surface area (Å²) in [5.41, 5.74) is 0.574. The minimum atomic E-state index is -1.19. The molecule has 2 aromatic rings. The van der Waals surface area contributed by atoms with Crippen molar-refractivity contribution in [1.82, 2.24) is 0 Å². The fourth-order valence-corrected chi connectivity index (χ4v) is 3.09. The van der Waals surface area contributed by atoms with Crippen molar-refractivity contribution in [3.05, 3.63) is 54.1 Å². The van der Waals surface area contributed by atoms with Crippen LogP contribution in [0, 0.1) is 17.6 Å². The molecule has 7 nitrogen and oxygen atoms in total. The third-order valence-electron chi connectivity index (χ3n) is 4.68. The Bertz CT molecular complexity index is 982. The van der Waals surface area contributed by atoms with Crippen molar-refractivity contribution in [2.75, 3.05) is 23.9 Å². The number of hydrogen-bond donors (Lipinski definition) is 1. The number of rotatable bonds is 6. The van der Waals surface area contributed by atoms with Crippen LogP contribution >= 0.6 is 0 Å². The van der Waals surface area contributed by atoms with Gasteiger partial charge in [0.25, 0.3) is 5.91 Å². The summed E-state index contributed by atoms with van der Waals surface area (Å²) in [5.74, 6) is -4.08. The van der Waals surface area contributed by atoms with E-state index in [2.05, 4.69) is 5.32 Å². The summed E-state index contributed by atoms with van der Waals surface area (Å²) in [4.78, 5) is 38.5. The summed E-state index contributed by atoms with van der Waals surface area (Å²) >= 11 is 0. The second kappa shape index (κ2) is 8.89. The fourth-order valence-electron chi connectivity index (χ4n) is 3.09. The lowest BCUT2D eigenvalue weighted by Crippen LogP contribution is -2.33. The lowest BCUT2D eigenvalue weighted by atomic mass is 10.1. The zero-order valence-electron chi connectivity index (χ0n) is 16.4. The van der Waals surface area contributed by atoms with Crippen LogP contribution < -0.4 is 15.0 Å². The molecule has 0 aromatic heterocycles. The third-order valence-corrected chi connectivity index (χ3v) is 4.68. The van der Waals surface area contributed by atoms with Gasteiger partial charge in [-0.05, 0) is 31.2 Å². The van der Waals surface area contributed by atoms with Gasteiger partial charge < -0.3 is 19.7 Å². The van der Waals surface area contributed by atoms with E-state index >= 15 is 0 Å². The SMILES string of the molecule is COc1ccccc1N1C[C@H](C(=O)O[C@H](C)C(=O)Nc2ccc(F)c(F)c2)CC1=O. The molecule has 1 fully saturated rings. The first-order valence-electron chi connectivity index (χ1n) is 9.20. The van der Waals surface area contributed by atoms with Crippen LogP contribution in [0.2, 0.25) is 0 Å². The summed E-state index contributed by atoms with van der Waals surface area (Å²) in [7, 11) is 1.48. The molecule has 1 N–H and O–H groups in total. The first kappa shape index (κ1) is 21.2. The van der Waals surface area contributed by atoms with E-state index in [4.69, 9.17) is 9.47 Å². The maximum atomic E-state index is 13.3. The predicted molar refractivity (Wildman–Crippen MR) is 104 cm³/mol. The molecule has 0 radical (unpaired) electrons. The number of methoxy groups -OCH3 is 1. The van der Waals surface area contributed by atoms with Gasteiger partial charge in [0.15, 0.2) is 17.7 Å². The highest BCUT2D eigenvalue weighted by Gasteiger charge is 2.38. The Morgan fingerprint density at radius 3 is 2.60 bits per heavy atom. The van der Waals surface area contributed by atoms with E-state index in [0.717, 1.165) is 12.1 Å². The van der Waals surface area contributed by atoms with Crippen LogP contribution in [0.3, 0.4) is 0 Å². The molecule has 2 atom stereocenters. The molecule has 158 valence electrons. The monoisotopic (exact) mass is 418 g/mol. The Balaban J connectivity index is 1.60. The van der Waals surface area contributed by atoms with Crippen molar-refractivity contribution in [2.45, 2.75) is 19.4 Å². The first-order chi connectivity index (χ1) is 14.3.